The van der Waals surface area contributed by atoms with Crippen molar-refractivity contribution in [3.8, 4) is 0 Å². The molecule has 18 heavy (non-hydrogen) atoms. The molecular formula is C13H15N3OS. The van der Waals surface area contributed by atoms with Crippen LogP contribution in [0.1, 0.15) is 18.2 Å². The lowest BCUT2D eigenvalue weighted by atomic mass is 10.1. The number of hydrogen-bond donors (Lipinski definition) is 2. The first-order chi connectivity index (χ1) is 8.67. The highest BCUT2D eigenvalue weighted by Gasteiger charge is 2.07. The van der Waals surface area contributed by atoms with E-state index in [4.69, 9.17) is 5.73 Å². The highest BCUT2D eigenvalue weighted by atomic mass is 32.1. The van der Waals surface area contributed by atoms with Crippen molar-refractivity contribution in [1.82, 2.24) is 4.98 Å². The minimum Gasteiger partial charge on any atom is -0.375 e. The maximum atomic E-state index is 11.8. The topological polar surface area (TPSA) is 68.0 Å². The highest BCUT2D eigenvalue weighted by Crippen LogP contribution is 2.14. The Morgan fingerprint density at radius 1 is 1.50 bits per heavy atom. The molecule has 0 aliphatic heterocycles. The van der Waals surface area contributed by atoms with Crippen LogP contribution in [0.5, 0.6) is 0 Å². The number of aromatic nitrogens is 1. The van der Waals surface area contributed by atoms with Gasteiger partial charge in [0.1, 0.15) is 0 Å². The Hall–Kier alpha value is -1.88. The lowest BCUT2D eigenvalue weighted by Crippen LogP contribution is -2.14. The van der Waals surface area contributed by atoms with Gasteiger partial charge in [-0.2, -0.15) is 0 Å². The van der Waals surface area contributed by atoms with Crippen LogP contribution in [0.3, 0.4) is 0 Å². The predicted molar refractivity (Wildman–Crippen MR) is 74.7 cm³/mol. The van der Waals surface area contributed by atoms with Gasteiger partial charge in [0.25, 0.3) is 0 Å². The predicted octanol–water partition coefficient (Wildman–Crippen LogP) is 2.47. The standard InChI is InChI=1S/C13H15N3OS/c1-2-9-4-3-5-10(6-9)15-12(17)7-11-8-18-13(14)16-11/h3-6,8H,2,7H2,1H3,(H2,14,16)(H,15,17). The molecule has 3 N–H and O–H groups in total. The summed E-state index contributed by atoms with van der Waals surface area (Å²) in [7, 11) is 0. The Morgan fingerprint density at radius 2 is 2.33 bits per heavy atom. The van der Waals surface area contributed by atoms with Crippen molar-refractivity contribution in [2.24, 2.45) is 0 Å². The molecule has 1 heterocycles. The summed E-state index contributed by atoms with van der Waals surface area (Å²) in [6.45, 7) is 2.08. The van der Waals surface area contributed by atoms with Gasteiger partial charge in [-0.05, 0) is 24.1 Å². The molecule has 1 aromatic heterocycles. The van der Waals surface area contributed by atoms with Crippen LogP contribution in [0.25, 0.3) is 0 Å². The lowest BCUT2D eigenvalue weighted by molar-refractivity contribution is -0.115. The molecule has 0 atom stereocenters. The van der Waals surface area contributed by atoms with Gasteiger partial charge in [-0.1, -0.05) is 19.1 Å². The van der Waals surface area contributed by atoms with Gasteiger partial charge in [-0.15, -0.1) is 11.3 Å². The van der Waals surface area contributed by atoms with E-state index in [0.717, 1.165) is 12.1 Å². The maximum Gasteiger partial charge on any atom is 0.230 e. The van der Waals surface area contributed by atoms with E-state index < -0.39 is 0 Å². The number of anilines is 2. The maximum absolute atomic E-state index is 11.8. The molecule has 0 unspecified atom stereocenters. The molecule has 4 nitrogen and oxygen atoms in total. The van der Waals surface area contributed by atoms with Crippen molar-refractivity contribution in [3.05, 3.63) is 40.9 Å². The largest absolute Gasteiger partial charge is 0.375 e. The quantitative estimate of drug-likeness (QED) is 0.888. The van der Waals surface area contributed by atoms with Crippen LogP contribution in [0.2, 0.25) is 0 Å². The summed E-state index contributed by atoms with van der Waals surface area (Å²) in [5.74, 6) is -0.0754. The fraction of sp³-hybridized carbons (Fsp3) is 0.231. The number of nitrogens with zero attached hydrogens (tertiary/aromatic N) is 1. The molecule has 2 rings (SSSR count). The van der Waals surface area contributed by atoms with Crippen LogP contribution >= 0.6 is 11.3 Å². The number of rotatable bonds is 4. The molecule has 2 aromatic rings. The van der Waals surface area contributed by atoms with Crippen LogP contribution in [-0.4, -0.2) is 10.9 Å². The molecule has 0 spiro atoms. The molecule has 0 saturated carbocycles. The lowest BCUT2D eigenvalue weighted by Gasteiger charge is -2.05. The van der Waals surface area contributed by atoms with E-state index in [9.17, 15) is 4.79 Å². The molecule has 1 amide bonds. The van der Waals surface area contributed by atoms with Crippen LogP contribution in [0.15, 0.2) is 29.6 Å². The van der Waals surface area contributed by atoms with Gasteiger partial charge in [-0.25, -0.2) is 4.98 Å². The van der Waals surface area contributed by atoms with Crippen molar-refractivity contribution < 1.29 is 4.79 Å². The Morgan fingerprint density at radius 3 is 3.00 bits per heavy atom. The smallest absolute Gasteiger partial charge is 0.230 e. The summed E-state index contributed by atoms with van der Waals surface area (Å²) in [6.07, 6.45) is 1.20. The summed E-state index contributed by atoms with van der Waals surface area (Å²) in [5, 5.41) is 5.15. The molecule has 0 saturated heterocycles. The fourth-order valence-electron chi connectivity index (χ4n) is 1.64. The third-order valence-electron chi connectivity index (χ3n) is 2.53. The molecule has 5 heteroatoms. The number of thiazole rings is 1. The number of nitrogens with two attached hydrogens (primary N) is 1. The first-order valence-corrected chi connectivity index (χ1v) is 6.64. The van der Waals surface area contributed by atoms with E-state index in [0.29, 0.717) is 10.8 Å². The van der Waals surface area contributed by atoms with Crippen molar-refractivity contribution in [2.75, 3.05) is 11.1 Å². The molecule has 1 aromatic carbocycles. The second kappa shape index (κ2) is 5.64. The minimum atomic E-state index is -0.0754. The number of aryl methyl sites for hydroxylation is 1. The molecule has 94 valence electrons. The number of nitrogen functional groups attached to an aromatic ring is 1. The number of nitrogens with one attached hydrogen (secondary N) is 1. The van der Waals surface area contributed by atoms with E-state index in [1.807, 2.05) is 24.3 Å². The van der Waals surface area contributed by atoms with Gasteiger partial charge < -0.3 is 11.1 Å². The zero-order chi connectivity index (χ0) is 13.0. The summed E-state index contributed by atoms with van der Waals surface area (Å²) >= 11 is 1.35. The van der Waals surface area contributed by atoms with Gasteiger partial charge >= 0.3 is 0 Å². The second-order valence-electron chi connectivity index (χ2n) is 3.96. The Labute approximate surface area is 110 Å². The van der Waals surface area contributed by atoms with E-state index in [2.05, 4.69) is 17.2 Å². The van der Waals surface area contributed by atoms with E-state index in [1.54, 1.807) is 5.38 Å². The number of benzene rings is 1. The summed E-state index contributed by atoms with van der Waals surface area (Å²) in [4.78, 5) is 15.9. The number of carbonyl (C=O) groups excluding carboxylic acids is 1. The fourth-order valence-corrected chi connectivity index (χ4v) is 2.21. The molecule has 0 aliphatic rings. The summed E-state index contributed by atoms with van der Waals surface area (Å²) < 4.78 is 0. The molecule has 0 radical (unpaired) electrons. The van der Waals surface area contributed by atoms with Crippen LogP contribution < -0.4 is 11.1 Å². The van der Waals surface area contributed by atoms with Crippen molar-refractivity contribution in [2.45, 2.75) is 19.8 Å². The Balaban J connectivity index is 1.98. The molecule has 0 bridgehead atoms. The van der Waals surface area contributed by atoms with Crippen molar-refractivity contribution in [1.29, 1.82) is 0 Å². The normalized spacial score (nSPS) is 10.3. The Kier molecular flexibility index (Phi) is 3.94. The third-order valence-corrected chi connectivity index (χ3v) is 3.25. The summed E-state index contributed by atoms with van der Waals surface area (Å²) in [6, 6.07) is 7.84. The van der Waals surface area contributed by atoms with Crippen LogP contribution in [-0.2, 0) is 17.6 Å². The minimum absolute atomic E-state index is 0.0754. The molecular weight excluding hydrogens is 246 g/mol. The SMILES string of the molecule is CCc1cccc(NC(=O)Cc2csc(N)n2)c1. The van der Waals surface area contributed by atoms with E-state index >= 15 is 0 Å². The monoisotopic (exact) mass is 261 g/mol. The van der Waals surface area contributed by atoms with E-state index in [1.165, 1.54) is 16.9 Å². The highest BCUT2D eigenvalue weighted by molar-refractivity contribution is 7.13. The van der Waals surface area contributed by atoms with Gasteiger partial charge in [0.15, 0.2) is 5.13 Å². The Bertz CT molecular complexity index is 551. The third kappa shape index (κ3) is 3.30. The van der Waals surface area contributed by atoms with Crippen LogP contribution in [0, 0.1) is 0 Å². The molecule has 0 aliphatic carbocycles. The summed E-state index contributed by atoms with van der Waals surface area (Å²) in [5.41, 5.74) is 8.25. The van der Waals surface area contributed by atoms with E-state index in [-0.39, 0.29) is 12.3 Å². The van der Waals surface area contributed by atoms with Crippen molar-refractivity contribution in [3.63, 3.8) is 0 Å². The average molecular weight is 261 g/mol. The van der Waals surface area contributed by atoms with Gasteiger partial charge in [-0.3, -0.25) is 4.79 Å². The molecule has 0 fully saturated rings. The first-order valence-electron chi connectivity index (χ1n) is 5.76. The zero-order valence-corrected chi connectivity index (χ0v) is 11.0. The number of amides is 1. The van der Waals surface area contributed by atoms with Gasteiger partial charge in [0, 0.05) is 11.1 Å². The first kappa shape index (κ1) is 12.6. The van der Waals surface area contributed by atoms with Crippen molar-refractivity contribution >= 4 is 28.1 Å². The average Bonchev–Trinajstić information content (AvgIpc) is 2.74. The zero-order valence-electron chi connectivity index (χ0n) is 10.1. The van der Waals surface area contributed by atoms with Gasteiger partial charge in [0.2, 0.25) is 5.91 Å². The van der Waals surface area contributed by atoms with Crippen LogP contribution in [0.4, 0.5) is 10.8 Å². The second-order valence-corrected chi connectivity index (χ2v) is 4.85. The number of carbonyl (C=O) groups is 1. The van der Waals surface area contributed by atoms with Gasteiger partial charge in [0.05, 0.1) is 12.1 Å². The number of hydrogen-bond acceptors (Lipinski definition) is 4.